The Kier molecular flexibility index (Phi) is 3.77. The zero-order valence-electron chi connectivity index (χ0n) is 14.1. The molecule has 0 bridgehead atoms. The fourth-order valence-electron chi connectivity index (χ4n) is 3.52. The van der Waals surface area contributed by atoms with Gasteiger partial charge in [-0.2, -0.15) is 0 Å². The standard InChI is InChI=1S/C22H20N2O/c1-16-9-5-6-10-17(16)15-22(24-18-11-3-2-4-12-18)19-13-7-8-14-20(19)23-21(22)25/h2-14,24H,15H2,1H3,(H,23,25)/t22-/m1/s1. The topological polar surface area (TPSA) is 41.1 Å². The van der Waals surface area contributed by atoms with E-state index in [1.807, 2.05) is 66.7 Å². The maximum absolute atomic E-state index is 13.1. The summed E-state index contributed by atoms with van der Waals surface area (Å²) in [4.78, 5) is 13.1. The third-order valence-corrected chi connectivity index (χ3v) is 4.87. The molecule has 0 saturated carbocycles. The molecule has 3 nitrogen and oxygen atoms in total. The number of hydrogen-bond acceptors (Lipinski definition) is 2. The molecule has 0 saturated heterocycles. The van der Waals surface area contributed by atoms with E-state index in [-0.39, 0.29) is 5.91 Å². The number of fused-ring (bicyclic) bond motifs is 1. The highest BCUT2D eigenvalue weighted by molar-refractivity contribution is 6.08. The molecule has 0 unspecified atom stereocenters. The Morgan fingerprint density at radius 3 is 2.36 bits per heavy atom. The van der Waals surface area contributed by atoms with Crippen LogP contribution in [0.2, 0.25) is 0 Å². The van der Waals surface area contributed by atoms with Crippen molar-refractivity contribution < 1.29 is 4.79 Å². The fourth-order valence-corrected chi connectivity index (χ4v) is 3.52. The van der Waals surface area contributed by atoms with E-state index in [0.29, 0.717) is 6.42 Å². The smallest absolute Gasteiger partial charge is 0.255 e. The number of amides is 1. The van der Waals surface area contributed by atoms with Gasteiger partial charge in [0.15, 0.2) is 0 Å². The van der Waals surface area contributed by atoms with Crippen molar-refractivity contribution in [1.82, 2.24) is 0 Å². The predicted octanol–water partition coefficient (Wildman–Crippen LogP) is 4.50. The molecule has 0 aliphatic carbocycles. The molecule has 3 heteroatoms. The Balaban J connectivity index is 1.84. The minimum atomic E-state index is -0.815. The lowest BCUT2D eigenvalue weighted by Gasteiger charge is -2.31. The van der Waals surface area contributed by atoms with E-state index in [4.69, 9.17) is 0 Å². The van der Waals surface area contributed by atoms with Crippen LogP contribution >= 0.6 is 0 Å². The summed E-state index contributed by atoms with van der Waals surface area (Å²) < 4.78 is 0. The monoisotopic (exact) mass is 328 g/mol. The molecular weight excluding hydrogens is 308 g/mol. The van der Waals surface area contributed by atoms with E-state index in [2.05, 4.69) is 29.7 Å². The molecule has 124 valence electrons. The minimum Gasteiger partial charge on any atom is -0.367 e. The molecule has 4 rings (SSSR count). The van der Waals surface area contributed by atoms with Crippen LogP contribution in [-0.2, 0) is 16.8 Å². The average Bonchev–Trinajstić information content (AvgIpc) is 2.90. The molecule has 0 radical (unpaired) electrons. The van der Waals surface area contributed by atoms with Gasteiger partial charge in [0.25, 0.3) is 5.91 Å². The Hall–Kier alpha value is -3.07. The maximum atomic E-state index is 13.1. The van der Waals surface area contributed by atoms with Gasteiger partial charge in [-0.3, -0.25) is 4.79 Å². The number of carbonyl (C=O) groups is 1. The highest BCUT2D eigenvalue weighted by atomic mass is 16.2. The first kappa shape index (κ1) is 15.5. The maximum Gasteiger partial charge on any atom is 0.255 e. The summed E-state index contributed by atoms with van der Waals surface area (Å²) in [5.41, 5.74) is 4.34. The van der Waals surface area contributed by atoms with Gasteiger partial charge < -0.3 is 10.6 Å². The van der Waals surface area contributed by atoms with Crippen LogP contribution in [0.1, 0.15) is 16.7 Å². The van der Waals surface area contributed by atoms with Crippen LogP contribution in [-0.4, -0.2) is 5.91 Å². The molecule has 1 amide bonds. The Morgan fingerprint density at radius 1 is 0.880 bits per heavy atom. The van der Waals surface area contributed by atoms with Gasteiger partial charge in [-0.1, -0.05) is 60.7 Å². The van der Waals surface area contributed by atoms with Crippen molar-refractivity contribution in [2.45, 2.75) is 18.9 Å². The van der Waals surface area contributed by atoms with Crippen molar-refractivity contribution >= 4 is 17.3 Å². The summed E-state index contributed by atoms with van der Waals surface area (Å²) in [5, 5.41) is 6.57. The van der Waals surface area contributed by atoms with Gasteiger partial charge in [0.05, 0.1) is 0 Å². The van der Waals surface area contributed by atoms with Gasteiger partial charge in [-0.15, -0.1) is 0 Å². The Bertz CT molecular complexity index is 920. The molecule has 1 aliphatic rings. The lowest BCUT2D eigenvalue weighted by atomic mass is 9.83. The predicted molar refractivity (Wildman–Crippen MR) is 102 cm³/mol. The van der Waals surface area contributed by atoms with Gasteiger partial charge >= 0.3 is 0 Å². The molecule has 3 aromatic carbocycles. The molecule has 1 aliphatic heterocycles. The van der Waals surface area contributed by atoms with E-state index in [1.54, 1.807) is 0 Å². The molecule has 1 heterocycles. The summed E-state index contributed by atoms with van der Waals surface area (Å²) in [6.07, 6.45) is 0.595. The lowest BCUT2D eigenvalue weighted by molar-refractivity contribution is -0.119. The van der Waals surface area contributed by atoms with Gasteiger partial charge in [-0.25, -0.2) is 0 Å². The number of anilines is 2. The zero-order valence-corrected chi connectivity index (χ0v) is 14.1. The number of carbonyl (C=O) groups excluding carboxylic acids is 1. The van der Waals surface area contributed by atoms with E-state index in [9.17, 15) is 4.79 Å². The first-order chi connectivity index (χ1) is 12.2. The minimum absolute atomic E-state index is 0.0131. The molecule has 25 heavy (non-hydrogen) atoms. The quantitative estimate of drug-likeness (QED) is 0.740. The molecular formula is C22H20N2O. The Morgan fingerprint density at radius 2 is 1.56 bits per heavy atom. The summed E-state index contributed by atoms with van der Waals surface area (Å²) in [6.45, 7) is 2.09. The van der Waals surface area contributed by atoms with Crippen LogP contribution in [0.5, 0.6) is 0 Å². The second kappa shape index (κ2) is 6.10. The van der Waals surface area contributed by atoms with Crippen molar-refractivity contribution in [3.8, 4) is 0 Å². The van der Waals surface area contributed by atoms with Gasteiger partial charge in [0.1, 0.15) is 5.54 Å². The normalized spacial score (nSPS) is 18.5. The number of nitrogens with one attached hydrogen (secondary N) is 2. The number of aryl methyl sites for hydroxylation is 1. The second-order valence-electron chi connectivity index (χ2n) is 6.50. The average molecular weight is 328 g/mol. The molecule has 0 fully saturated rings. The molecule has 1 atom stereocenters. The molecule has 2 N–H and O–H groups in total. The third kappa shape index (κ3) is 2.68. The molecule has 0 spiro atoms. The SMILES string of the molecule is Cc1ccccc1C[C@]1(Nc2ccccc2)C(=O)Nc2ccccc21. The summed E-state index contributed by atoms with van der Waals surface area (Å²) in [5.74, 6) is -0.0131. The third-order valence-electron chi connectivity index (χ3n) is 4.87. The Labute approximate surface area is 147 Å². The van der Waals surface area contributed by atoms with Gasteiger partial charge in [0.2, 0.25) is 0 Å². The summed E-state index contributed by atoms with van der Waals surface area (Å²) in [6, 6.07) is 26.1. The van der Waals surface area contributed by atoms with Crippen LogP contribution in [0, 0.1) is 6.92 Å². The van der Waals surface area contributed by atoms with Crippen LogP contribution in [0.15, 0.2) is 78.9 Å². The van der Waals surface area contributed by atoms with Crippen molar-refractivity contribution in [3.05, 3.63) is 95.6 Å². The first-order valence-electron chi connectivity index (χ1n) is 8.48. The van der Waals surface area contributed by atoms with Crippen molar-refractivity contribution in [1.29, 1.82) is 0 Å². The van der Waals surface area contributed by atoms with Crippen molar-refractivity contribution in [3.63, 3.8) is 0 Å². The van der Waals surface area contributed by atoms with Gasteiger partial charge in [-0.05, 0) is 36.2 Å². The highest BCUT2D eigenvalue weighted by Crippen LogP contribution is 2.41. The van der Waals surface area contributed by atoms with Crippen molar-refractivity contribution in [2.75, 3.05) is 10.6 Å². The van der Waals surface area contributed by atoms with Crippen molar-refractivity contribution in [2.24, 2.45) is 0 Å². The van der Waals surface area contributed by atoms with Crippen LogP contribution < -0.4 is 10.6 Å². The fraction of sp³-hybridized carbons (Fsp3) is 0.136. The number of para-hydroxylation sites is 2. The van der Waals surface area contributed by atoms with Crippen LogP contribution in [0.4, 0.5) is 11.4 Å². The summed E-state index contributed by atoms with van der Waals surface area (Å²) in [7, 11) is 0. The highest BCUT2D eigenvalue weighted by Gasteiger charge is 2.47. The zero-order chi connectivity index (χ0) is 17.3. The van der Waals surface area contributed by atoms with Crippen LogP contribution in [0.3, 0.4) is 0 Å². The summed E-state index contributed by atoms with van der Waals surface area (Å²) >= 11 is 0. The molecule has 3 aromatic rings. The van der Waals surface area contributed by atoms with E-state index >= 15 is 0 Å². The number of hydrogen-bond donors (Lipinski definition) is 2. The lowest BCUT2D eigenvalue weighted by Crippen LogP contribution is -2.44. The first-order valence-corrected chi connectivity index (χ1v) is 8.48. The van der Waals surface area contributed by atoms with E-state index in [1.165, 1.54) is 5.56 Å². The van der Waals surface area contributed by atoms with E-state index < -0.39 is 5.54 Å². The second-order valence-corrected chi connectivity index (χ2v) is 6.50. The van der Waals surface area contributed by atoms with Gasteiger partial charge in [0, 0.05) is 23.4 Å². The largest absolute Gasteiger partial charge is 0.367 e. The number of benzene rings is 3. The molecule has 0 aromatic heterocycles. The van der Waals surface area contributed by atoms with E-state index in [0.717, 1.165) is 22.5 Å². The van der Waals surface area contributed by atoms with Crippen LogP contribution in [0.25, 0.3) is 0 Å². The number of rotatable bonds is 4.